The number of hydrogen-bond donors (Lipinski definition) is 1. The molecule has 1 heterocycles. The number of amides is 2. The summed E-state index contributed by atoms with van der Waals surface area (Å²) < 4.78 is 0. The average molecular weight is 393 g/mol. The van der Waals surface area contributed by atoms with E-state index in [1.807, 2.05) is 24.1 Å². The second kappa shape index (κ2) is 6.99. The highest BCUT2D eigenvalue weighted by Crippen LogP contribution is 2.46. The molecular weight excluding hydrogens is 370 g/mol. The molecule has 7 heteroatoms. The van der Waals surface area contributed by atoms with Crippen molar-refractivity contribution in [3.8, 4) is 0 Å². The summed E-state index contributed by atoms with van der Waals surface area (Å²) in [4.78, 5) is 36.8. The number of benzene rings is 2. The van der Waals surface area contributed by atoms with Crippen LogP contribution in [0.4, 0.5) is 11.4 Å². The number of nitro benzene ring substituents is 1. The standard InChI is InChI=1S/C22H23N3O4/c1-22-12-11-20(26)24(2)19(22)10-5-15-13-16(6-9-18(15)22)23-21(27)14-3-7-17(8-4-14)25(28)29/h3-4,6-9,13,19H,5,10-12H2,1-2H3,(H,23,27)/t19-,22-/m1/s1. The van der Waals surface area contributed by atoms with Gasteiger partial charge in [-0.25, -0.2) is 0 Å². The van der Waals surface area contributed by atoms with Gasteiger partial charge in [-0.15, -0.1) is 0 Å². The van der Waals surface area contributed by atoms with Crippen LogP contribution in [0, 0.1) is 10.1 Å². The number of carbonyl (C=O) groups excluding carboxylic acids is 2. The number of likely N-dealkylation sites (N-methyl/N-ethyl adjacent to an activating group) is 1. The molecule has 0 saturated carbocycles. The van der Waals surface area contributed by atoms with Gasteiger partial charge in [0.15, 0.2) is 0 Å². The molecule has 0 radical (unpaired) electrons. The van der Waals surface area contributed by atoms with Crippen LogP contribution in [0.2, 0.25) is 0 Å². The van der Waals surface area contributed by atoms with Gasteiger partial charge in [0.2, 0.25) is 5.91 Å². The SMILES string of the molecule is CN1C(=O)CC[C@]2(C)c3ccc(NC(=O)c4ccc([N+](=O)[O-])cc4)cc3CC[C@@H]12. The Morgan fingerprint density at radius 1 is 1.21 bits per heavy atom. The zero-order valence-electron chi connectivity index (χ0n) is 16.5. The maximum atomic E-state index is 12.5. The van der Waals surface area contributed by atoms with E-state index in [0.717, 1.165) is 19.3 Å². The highest BCUT2D eigenvalue weighted by molar-refractivity contribution is 6.04. The number of nitrogens with zero attached hydrogens (tertiary/aromatic N) is 2. The first-order valence-corrected chi connectivity index (χ1v) is 9.74. The van der Waals surface area contributed by atoms with E-state index < -0.39 is 4.92 Å². The molecule has 1 aliphatic heterocycles. The molecule has 0 unspecified atom stereocenters. The Labute approximate surface area is 168 Å². The van der Waals surface area contributed by atoms with Gasteiger partial charge in [-0.2, -0.15) is 0 Å². The molecule has 0 spiro atoms. The van der Waals surface area contributed by atoms with Crippen LogP contribution in [0.25, 0.3) is 0 Å². The topological polar surface area (TPSA) is 92.6 Å². The van der Waals surface area contributed by atoms with Crippen molar-refractivity contribution in [2.45, 2.75) is 44.1 Å². The van der Waals surface area contributed by atoms with Gasteiger partial charge < -0.3 is 10.2 Å². The number of nitro groups is 1. The van der Waals surface area contributed by atoms with E-state index in [1.54, 1.807) is 0 Å². The van der Waals surface area contributed by atoms with Crippen molar-refractivity contribution in [1.82, 2.24) is 4.90 Å². The molecule has 0 aromatic heterocycles. The molecule has 2 aliphatic rings. The average Bonchev–Trinajstić information content (AvgIpc) is 2.71. The highest BCUT2D eigenvalue weighted by Gasteiger charge is 2.46. The third-order valence-electron chi connectivity index (χ3n) is 6.46. The van der Waals surface area contributed by atoms with Gasteiger partial charge in [0.1, 0.15) is 0 Å². The van der Waals surface area contributed by atoms with Crippen molar-refractivity contribution in [2.75, 3.05) is 12.4 Å². The second-order valence-electron chi connectivity index (χ2n) is 8.11. The minimum absolute atomic E-state index is 0.0472. The summed E-state index contributed by atoms with van der Waals surface area (Å²) in [5.74, 6) is -0.0920. The molecule has 1 saturated heterocycles. The minimum Gasteiger partial charge on any atom is -0.342 e. The van der Waals surface area contributed by atoms with Crippen LogP contribution in [0.15, 0.2) is 42.5 Å². The summed E-state index contributed by atoms with van der Waals surface area (Å²) in [7, 11) is 1.90. The summed E-state index contributed by atoms with van der Waals surface area (Å²) in [5.41, 5.74) is 3.41. The molecule has 2 aromatic rings. The van der Waals surface area contributed by atoms with Gasteiger partial charge in [-0.05, 0) is 54.7 Å². The first-order valence-electron chi connectivity index (χ1n) is 9.74. The molecular formula is C22H23N3O4. The maximum Gasteiger partial charge on any atom is 0.269 e. The Balaban J connectivity index is 1.55. The summed E-state index contributed by atoms with van der Waals surface area (Å²) in [5, 5.41) is 13.6. The number of rotatable bonds is 3. The second-order valence-corrected chi connectivity index (χ2v) is 8.11. The number of piperidine rings is 1. The number of aryl methyl sites for hydroxylation is 1. The lowest BCUT2D eigenvalue weighted by Gasteiger charge is -2.50. The monoisotopic (exact) mass is 393 g/mol. The van der Waals surface area contributed by atoms with Crippen molar-refractivity contribution < 1.29 is 14.5 Å². The Morgan fingerprint density at radius 2 is 1.93 bits per heavy atom. The van der Waals surface area contributed by atoms with Crippen molar-refractivity contribution in [3.63, 3.8) is 0 Å². The van der Waals surface area contributed by atoms with Crippen LogP contribution >= 0.6 is 0 Å². The molecule has 1 N–H and O–H groups in total. The zero-order chi connectivity index (χ0) is 20.8. The molecule has 2 aromatic carbocycles. The van der Waals surface area contributed by atoms with Crippen LogP contribution in [0.5, 0.6) is 0 Å². The van der Waals surface area contributed by atoms with Crippen LogP contribution in [0.3, 0.4) is 0 Å². The summed E-state index contributed by atoms with van der Waals surface area (Å²) >= 11 is 0. The third kappa shape index (κ3) is 3.26. The number of nitrogens with one attached hydrogen (secondary N) is 1. The van der Waals surface area contributed by atoms with Gasteiger partial charge in [0.25, 0.3) is 11.6 Å². The van der Waals surface area contributed by atoms with Crippen molar-refractivity contribution >= 4 is 23.2 Å². The summed E-state index contributed by atoms with van der Waals surface area (Å²) in [6.45, 7) is 2.23. The summed E-state index contributed by atoms with van der Waals surface area (Å²) in [6, 6.07) is 11.7. The molecule has 4 rings (SSSR count). The molecule has 150 valence electrons. The lowest BCUT2D eigenvalue weighted by molar-refractivity contribution is -0.384. The van der Waals surface area contributed by atoms with Gasteiger partial charge in [0, 0.05) is 48.3 Å². The number of non-ortho nitro benzene ring substituents is 1. The predicted molar refractivity (Wildman–Crippen MR) is 109 cm³/mol. The minimum atomic E-state index is -0.491. The smallest absolute Gasteiger partial charge is 0.269 e. The first-order chi connectivity index (χ1) is 13.8. The van der Waals surface area contributed by atoms with E-state index in [1.165, 1.54) is 35.4 Å². The van der Waals surface area contributed by atoms with E-state index in [9.17, 15) is 19.7 Å². The van der Waals surface area contributed by atoms with Gasteiger partial charge in [0.05, 0.1) is 4.92 Å². The van der Waals surface area contributed by atoms with Gasteiger partial charge in [-0.1, -0.05) is 13.0 Å². The lowest BCUT2D eigenvalue weighted by Crippen LogP contribution is -2.56. The quantitative estimate of drug-likeness (QED) is 0.636. The van der Waals surface area contributed by atoms with E-state index in [0.29, 0.717) is 17.7 Å². The van der Waals surface area contributed by atoms with Crippen LogP contribution in [0.1, 0.15) is 47.7 Å². The zero-order valence-corrected chi connectivity index (χ0v) is 16.5. The molecule has 2 amide bonds. The van der Waals surface area contributed by atoms with Gasteiger partial charge >= 0.3 is 0 Å². The number of hydrogen-bond acceptors (Lipinski definition) is 4. The van der Waals surface area contributed by atoms with Crippen LogP contribution in [-0.4, -0.2) is 34.7 Å². The summed E-state index contributed by atoms with van der Waals surface area (Å²) in [6.07, 6.45) is 3.16. The van der Waals surface area contributed by atoms with E-state index in [4.69, 9.17) is 0 Å². The molecule has 2 atom stereocenters. The maximum absolute atomic E-state index is 12.5. The Hall–Kier alpha value is -3.22. The molecule has 0 bridgehead atoms. The number of anilines is 1. The fourth-order valence-corrected chi connectivity index (χ4v) is 4.80. The van der Waals surface area contributed by atoms with E-state index in [-0.39, 0.29) is 29.0 Å². The van der Waals surface area contributed by atoms with Crippen molar-refractivity contribution in [1.29, 1.82) is 0 Å². The Bertz CT molecular complexity index is 1000. The third-order valence-corrected chi connectivity index (χ3v) is 6.46. The molecule has 1 aliphatic carbocycles. The predicted octanol–water partition coefficient (Wildman–Crippen LogP) is 3.67. The van der Waals surface area contributed by atoms with Crippen LogP contribution < -0.4 is 5.32 Å². The Kier molecular flexibility index (Phi) is 4.61. The van der Waals surface area contributed by atoms with E-state index >= 15 is 0 Å². The fraction of sp³-hybridized carbons (Fsp3) is 0.364. The number of carbonyl (C=O) groups is 2. The molecule has 7 nitrogen and oxygen atoms in total. The first kappa shape index (κ1) is 19.1. The van der Waals surface area contributed by atoms with Crippen molar-refractivity contribution in [3.05, 3.63) is 69.3 Å². The molecule has 1 fully saturated rings. The lowest BCUT2D eigenvalue weighted by atomic mass is 9.63. The highest BCUT2D eigenvalue weighted by atomic mass is 16.6. The van der Waals surface area contributed by atoms with E-state index in [2.05, 4.69) is 18.3 Å². The fourth-order valence-electron chi connectivity index (χ4n) is 4.80. The molecule has 29 heavy (non-hydrogen) atoms. The normalized spacial score (nSPS) is 23.2. The van der Waals surface area contributed by atoms with Gasteiger partial charge in [-0.3, -0.25) is 19.7 Å². The largest absolute Gasteiger partial charge is 0.342 e. The number of fused-ring (bicyclic) bond motifs is 3. The number of likely N-dealkylation sites (tertiary alicyclic amines) is 1. The van der Waals surface area contributed by atoms with Crippen LogP contribution in [-0.2, 0) is 16.6 Å². The Morgan fingerprint density at radius 3 is 2.62 bits per heavy atom. The van der Waals surface area contributed by atoms with Crippen molar-refractivity contribution in [2.24, 2.45) is 0 Å².